The lowest BCUT2D eigenvalue weighted by atomic mass is 10.1. The lowest BCUT2D eigenvalue weighted by molar-refractivity contribution is 0.0985. The minimum Gasteiger partial charge on any atom is -0.489 e. The maximum Gasteiger partial charge on any atom is 0.330 e. The monoisotopic (exact) mass is 478 g/mol. The number of nitrogens with two attached hydrogens (primary N) is 1. The van der Waals surface area contributed by atoms with Crippen LogP contribution in [0.2, 0.25) is 5.02 Å². The van der Waals surface area contributed by atoms with E-state index in [2.05, 4.69) is 4.98 Å². The lowest BCUT2D eigenvalue weighted by Gasteiger charge is -2.25. The number of unbranched alkanes of at least 4 members (excludes halogenated alkanes) is 3. The van der Waals surface area contributed by atoms with E-state index >= 15 is 0 Å². The lowest BCUT2D eigenvalue weighted by Crippen LogP contribution is -2.41. The summed E-state index contributed by atoms with van der Waals surface area (Å²) in [7, 11) is 0. The summed E-state index contributed by atoms with van der Waals surface area (Å²) in [4.78, 5) is 42.5. The molecule has 1 aromatic carbocycles. The van der Waals surface area contributed by atoms with Crippen molar-refractivity contribution in [1.82, 2.24) is 9.55 Å². The number of nitrogens with zero attached hydrogens (tertiary/aromatic N) is 2. The van der Waals surface area contributed by atoms with E-state index in [0.29, 0.717) is 50.5 Å². The molecule has 9 nitrogen and oxygen atoms in total. The summed E-state index contributed by atoms with van der Waals surface area (Å²) in [5.41, 5.74) is 5.21. The average molecular weight is 479 g/mol. The minimum absolute atomic E-state index is 0.0255. The van der Waals surface area contributed by atoms with E-state index in [0.717, 1.165) is 19.3 Å². The van der Waals surface area contributed by atoms with E-state index in [9.17, 15) is 14.4 Å². The Balaban J connectivity index is 2.08. The zero-order chi connectivity index (χ0) is 24.0. The highest BCUT2D eigenvalue weighted by Crippen LogP contribution is 2.38. The maximum atomic E-state index is 13.7. The molecule has 0 aliphatic carbocycles. The number of halogens is 1. The van der Waals surface area contributed by atoms with E-state index in [-0.39, 0.29) is 28.6 Å². The summed E-state index contributed by atoms with van der Waals surface area (Å²) in [5, 5.41) is 0.251. The van der Waals surface area contributed by atoms with Gasteiger partial charge in [0.15, 0.2) is 17.2 Å². The fourth-order valence-electron chi connectivity index (χ4n) is 3.72. The fraction of sp³-hybridized carbons (Fsp3) is 0.522. The van der Waals surface area contributed by atoms with Crippen molar-refractivity contribution in [3.8, 4) is 11.5 Å². The molecule has 0 fully saturated rings. The van der Waals surface area contributed by atoms with Crippen LogP contribution in [0.25, 0.3) is 0 Å². The zero-order valence-corrected chi connectivity index (χ0v) is 19.9. The summed E-state index contributed by atoms with van der Waals surface area (Å²) in [6.07, 6.45) is 4.70. The van der Waals surface area contributed by atoms with Gasteiger partial charge in [-0.1, -0.05) is 44.7 Å². The third-order valence-electron chi connectivity index (χ3n) is 5.50. The van der Waals surface area contributed by atoms with Crippen LogP contribution in [0.1, 0.15) is 62.7 Å². The predicted molar refractivity (Wildman–Crippen MR) is 129 cm³/mol. The Morgan fingerprint density at radius 1 is 1.15 bits per heavy atom. The molecule has 0 atom stereocenters. The second kappa shape index (κ2) is 11.3. The number of H-pyrrole nitrogens is 1. The first kappa shape index (κ1) is 24.7. The molecule has 1 aromatic heterocycles. The number of benzene rings is 1. The molecule has 1 aliphatic rings. The van der Waals surface area contributed by atoms with Crippen LogP contribution in [-0.4, -0.2) is 35.2 Å². The van der Waals surface area contributed by atoms with E-state index < -0.39 is 17.2 Å². The molecule has 0 unspecified atom stereocenters. The number of rotatable bonds is 9. The molecule has 33 heavy (non-hydrogen) atoms. The Bertz CT molecular complexity index is 1110. The van der Waals surface area contributed by atoms with Gasteiger partial charge in [0.05, 0.1) is 18.2 Å². The van der Waals surface area contributed by atoms with Crippen LogP contribution in [0.15, 0.2) is 21.7 Å². The molecule has 2 heterocycles. The third-order valence-corrected chi connectivity index (χ3v) is 5.78. The summed E-state index contributed by atoms with van der Waals surface area (Å²) in [6.45, 7) is 5.55. The van der Waals surface area contributed by atoms with Gasteiger partial charge in [0.25, 0.3) is 11.5 Å². The van der Waals surface area contributed by atoms with Gasteiger partial charge in [0, 0.05) is 25.1 Å². The van der Waals surface area contributed by atoms with Crippen molar-refractivity contribution >= 4 is 29.0 Å². The second-order valence-electron chi connectivity index (χ2n) is 8.00. The predicted octanol–water partition coefficient (Wildman–Crippen LogP) is 3.57. The van der Waals surface area contributed by atoms with Gasteiger partial charge in [-0.3, -0.25) is 19.1 Å². The van der Waals surface area contributed by atoms with Crippen LogP contribution < -0.4 is 31.4 Å². The molecule has 1 aliphatic heterocycles. The molecule has 0 radical (unpaired) electrons. The van der Waals surface area contributed by atoms with Crippen LogP contribution in [-0.2, 0) is 6.54 Å². The van der Waals surface area contributed by atoms with Crippen molar-refractivity contribution in [2.45, 2.75) is 58.9 Å². The van der Waals surface area contributed by atoms with Crippen molar-refractivity contribution < 1.29 is 14.3 Å². The van der Waals surface area contributed by atoms with Gasteiger partial charge in [-0.15, -0.1) is 0 Å². The number of aromatic amines is 1. The number of carbonyl (C=O) groups excluding carboxylic acids is 1. The molecule has 3 rings (SSSR count). The Kier molecular flexibility index (Phi) is 8.43. The number of nitrogens with one attached hydrogen (secondary N) is 1. The van der Waals surface area contributed by atoms with Crippen molar-refractivity contribution in [3.63, 3.8) is 0 Å². The van der Waals surface area contributed by atoms with Crippen molar-refractivity contribution in [1.29, 1.82) is 0 Å². The van der Waals surface area contributed by atoms with Gasteiger partial charge in [-0.25, -0.2) is 4.79 Å². The van der Waals surface area contributed by atoms with E-state index in [4.69, 9.17) is 26.8 Å². The molecule has 0 bridgehead atoms. The first-order valence-electron chi connectivity index (χ1n) is 11.4. The fourth-order valence-corrected chi connectivity index (χ4v) is 3.99. The molecular formula is C23H31ClN4O5. The van der Waals surface area contributed by atoms with Gasteiger partial charge in [-0.05, 0) is 25.0 Å². The maximum absolute atomic E-state index is 13.7. The molecule has 1 amide bonds. The molecule has 3 N–H and O–H groups in total. The van der Waals surface area contributed by atoms with Gasteiger partial charge in [0.2, 0.25) is 0 Å². The Labute approximate surface area is 197 Å². The van der Waals surface area contributed by atoms with Gasteiger partial charge >= 0.3 is 5.69 Å². The van der Waals surface area contributed by atoms with E-state index in [1.165, 1.54) is 15.5 Å². The van der Waals surface area contributed by atoms with Crippen LogP contribution in [0, 0.1) is 0 Å². The first-order valence-corrected chi connectivity index (χ1v) is 11.8. The highest BCUT2D eigenvalue weighted by atomic mass is 35.5. The number of hydrogen-bond acceptors (Lipinski definition) is 6. The molecule has 0 spiro atoms. The second-order valence-corrected chi connectivity index (χ2v) is 8.41. The van der Waals surface area contributed by atoms with E-state index in [1.807, 2.05) is 13.8 Å². The highest BCUT2D eigenvalue weighted by molar-refractivity contribution is 6.33. The van der Waals surface area contributed by atoms with Gasteiger partial charge in [0.1, 0.15) is 5.82 Å². The van der Waals surface area contributed by atoms with Crippen molar-refractivity contribution in [2.75, 3.05) is 30.4 Å². The number of anilines is 2. The summed E-state index contributed by atoms with van der Waals surface area (Å²) in [5.74, 6) is 0.296. The number of hydrogen-bond donors (Lipinski definition) is 2. The van der Waals surface area contributed by atoms with Gasteiger partial charge in [-0.2, -0.15) is 0 Å². The largest absolute Gasteiger partial charge is 0.489 e. The molecule has 180 valence electrons. The molecule has 0 saturated heterocycles. The normalized spacial score (nSPS) is 12.9. The van der Waals surface area contributed by atoms with Crippen LogP contribution in [0.4, 0.5) is 11.5 Å². The Morgan fingerprint density at radius 2 is 1.88 bits per heavy atom. The molecule has 2 aromatic rings. The first-order chi connectivity index (χ1) is 15.9. The average Bonchev–Trinajstić information content (AvgIpc) is 3.03. The zero-order valence-electron chi connectivity index (χ0n) is 19.1. The number of ether oxygens (including phenoxy) is 2. The summed E-state index contributed by atoms with van der Waals surface area (Å²) in [6, 6.07) is 3.07. The summed E-state index contributed by atoms with van der Waals surface area (Å²) < 4.78 is 12.7. The van der Waals surface area contributed by atoms with Crippen LogP contribution in [0.3, 0.4) is 0 Å². The van der Waals surface area contributed by atoms with Crippen molar-refractivity contribution in [2.24, 2.45) is 0 Å². The smallest absolute Gasteiger partial charge is 0.330 e. The van der Waals surface area contributed by atoms with Crippen LogP contribution >= 0.6 is 11.6 Å². The highest BCUT2D eigenvalue weighted by Gasteiger charge is 2.27. The van der Waals surface area contributed by atoms with Gasteiger partial charge < -0.3 is 20.1 Å². The minimum atomic E-state index is -0.699. The molecular weight excluding hydrogens is 448 g/mol. The molecule has 0 saturated carbocycles. The number of amides is 1. The summed E-state index contributed by atoms with van der Waals surface area (Å²) >= 11 is 6.39. The number of aromatic nitrogens is 2. The quantitative estimate of drug-likeness (QED) is 0.531. The molecule has 10 heteroatoms. The SMILES string of the molecule is CCCCCN(C(=O)c1cc(Cl)c2c(c1)OCCCO2)c1c(N)n(CCCC)c(=O)[nH]c1=O. The third kappa shape index (κ3) is 5.52. The Morgan fingerprint density at radius 3 is 2.61 bits per heavy atom. The number of nitrogen functional groups attached to an aromatic ring is 1. The standard InChI is InChI=1S/C23H31ClN4O5/c1-3-5-7-10-27(18-20(25)28(9-6-4-2)23(31)26-21(18)29)22(30)15-13-16(24)19-17(14-15)32-11-8-12-33-19/h13-14H,3-12,25H2,1-2H3,(H,26,29,31). The topological polar surface area (TPSA) is 120 Å². The number of carbonyl (C=O) groups is 1. The van der Waals surface area contributed by atoms with E-state index in [1.54, 1.807) is 6.07 Å². The number of fused-ring (bicyclic) bond motifs is 1. The van der Waals surface area contributed by atoms with Crippen LogP contribution in [0.5, 0.6) is 11.5 Å². The van der Waals surface area contributed by atoms with Crippen molar-refractivity contribution in [3.05, 3.63) is 43.6 Å². The Hall–Kier alpha value is -2.94.